The van der Waals surface area contributed by atoms with Crippen LogP contribution in [0.5, 0.6) is 0 Å². The Morgan fingerprint density at radius 3 is 2.70 bits per heavy atom. The molecule has 0 amide bonds. The molecule has 0 spiro atoms. The molecule has 2 aromatic heterocycles. The lowest BCUT2D eigenvalue weighted by Gasteiger charge is -2.38. The van der Waals surface area contributed by atoms with Crippen molar-refractivity contribution in [3.05, 3.63) is 36.0 Å². The summed E-state index contributed by atoms with van der Waals surface area (Å²) < 4.78 is 27.3. The van der Waals surface area contributed by atoms with Crippen LogP contribution in [0, 0.1) is 11.8 Å². The highest BCUT2D eigenvalue weighted by Gasteiger charge is 2.34. The molecule has 1 saturated heterocycles. The largest absolute Gasteiger partial charge is 0.384 e. The van der Waals surface area contributed by atoms with Crippen LogP contribution in [0.2, 0.25) is 0 Å². The first-order valence-corrected chi connectivity index (χ1v) is 10.6. The topological polar surface area (TPSA) is 92.4 Å². The van der Waals surface area contributed by atoms with Crippen molar-refractivity contribution < 1.29 is 8.42 Å². The monoisotopic (exact) mass is 403 g/mol. The standard InChI is InChI=1S/C18H21N5O2S2/c1-4-5-14-12-22(27(24,25)15-6-7-17(19)20-10-15)8-9-23(14)18-21-11-16(26-18)13(2)3/h6-7,10-11,14H,2,8-9,12H2,1,3H3,(H2,19,20). The highest BCUT2D eigenvalue weighted by Crippen LogP contribution is 2.30. The molecule has 1 fully saturated rings. The minimum Gasteiger partial charge on any atom is -0.384 e. The van der Waals surface area contributed by atoms with Crippen LogP contribution in [-0.2, 0) is 10.0 Å². The predicted molar refractivity (Wildman–Crippen MR) is 109 cm³/mol. The molecule has 0 radical (unpaired) electrons. The molecule has 1 unspecified atom stereocenters. The van der Waals surface area contributed by atoms with E-state index >= 15 is 0 Å². The van der Waals surface area contributed by atoms with Gasteiger partial charge in [0.15, 0.2) is 5.13 Å². The third-order valence-electron chi connectivity index (χ3n) is 4.21. The number of sulfonamides is 1. The number of pyridine rings is 1. The van der Waals surface area contributed by atoms with Crippen molar-refractivity contribution in [2.75, 3.05) is 30.3 Å². The molecule has 9 heteroatoms. The van der Waals surface area contributed by atoms with Gasteiger partial charge in [0.05, 0.1) is 4.88 Å². The predicted octanol–water partition coefficient (Wildman–Crippen LogP) is 2.06. The van der Waals surface area contributed by atoms with Gasteiger partial charge >= 0.3 is 0 Å². The molecular formula is C18H21N5O2S2. The van der Waals surface area contributed by atoms with E-state index in [1.807, 2.05) is 6.92 Å². The number of allylic oxidation sites excluding steroid dienone is 1. The summed E-state index contributed by atoms with van der Waals surface area (Å²) in [7, 11) is -3.65. The average molecular weight is 404 g/mol. The van der Waals surface area contributed by atoms with E-state index in [2.05, 4.69) is 33.3 Å². The van der Waals surface area contributed by atoms with E-state index in [1.165, 1.54) is 34.0 Å². The molecule has 0 bridgehead atoms. The number of nitrogens with two attached hydrogens (primary N) is 1. The van der Waals surface area contributed by atoms with Crippen molar-refractivity contribution in [2.45, 2.75) is 24.8 Å². The molecule has 0 saturated carbocycles. The Balaban J connectivity index is 1.85. The van der Waals surface area contributed by atoms with Crippen molar-refractivity contribution >= 4 is 37.9 Å². The Labute approximate surface area is 163 Å². The molecule has 0 aromatic carbocycles. The van der Waals surface area contributed by atoms with Crippen LogP contribution in [0.4, 0.5) is 10.9 Å². The minimum atomic E-state index is -3.65. The van der Waals surface area contributed by atoms with Crippen molar-refractivity contribution in [1.82, 2.24) is 14.3 Å². The number of piperazine rings is 1. The van der Waals surface area contributed by atoms with Gasteiger partial charge in [0.25, 0.3) is 0 Å². The van der Waals surface area contributed by atoms with Crippen LogP contribution < -0.4 is 10.6 Å². The maximum Gasteiger partial charge on any atom is 0.244 e. The van der Waals surface area contributed by atoms with Gasteiger partial charge in [-0.05, 0) is 31.6 Å². The van der Waals surface area contributed by atoms with Gasteiger partial charge in [-0.15, -0.1) is 5.92 Å². The molecule has 1 aliphatic rings. The fraction of sp³-hybridized carbons (Fsp3) is 0.333. The Hall–Kier alpha value is -2.41. The summed E-state index contributed by atoms with van der Waals surface area (Å²) in [5.74, 6) is 6.30. The molecule has 142 valence electrons. The molecule has 3 heterocycles. The first-order valence-electron chi connectivity index (χ1n) is 8.35. The Bertz CT molecular complexity index is 1000. The number of anilines is 2. The zero-order valence-electron chi connectivity index (χ0n) is 15.2. The quantitative estimate of drug-likeness (QED) is 0.786. The van der Waals surface area contributed by atoms with Crippen LogP contribution in [0.15, 0.2) is 36.0 Å². The molecular weight excluding hydrogens is 382 g/mol. The summed E-state index contributed by atoms with van der Waals surface area (Å²) in [6.07, 6.45) is 3.08. The van der Waals surface area contributed by atoms with Gasteiger partial charge in [0.1, 0.15) is 16.8 Å². The Kier molecular flexibility index (Phi) is 5.51. The number of nitrogen functional groups attached to an aromatic ring is 1. The van der Waals surface area contributed by atoms with Gasteiger partial charge < -0.3 is 10.6 Å². The van der Waals surface area contributed by atoms with E-state index in [0.717, 1.165) is 15.6 Å². The van der Waals surface area contributed by atoms with Crippen LogP contribution in [0.1, 0.15) is 18.7 Å². The number of aromatic nitrogens is 2. The highest BCUT2D eigenvalue weighted by molar-refractivity contribution is 7.89. The number of hydrogen-bond donors (Lipinski definition) is 1. The zero-order valence-corrected chi connectivity index (χ0v) is 16.8. The van der Waals surface area contributed by atoms with Gasteiger partial charge in [-0.3, -0.25) is 0 Å². The van der Waals surface area contributed by atoms with Crippen LogP contribution in [0.25, 0.3) is 5.57 Å². The Morgan fingerprint density at radius 1 is 1.33 bits per heavy atom. The fourth-order valence-electron chi connectivity index (χ4n) is 2.78. The van der Waals surface area contributed by atoms with E-state index in [-0.39, 0.29) is 23.3 Å². The van der Waals surface area contributed by atoms with Crippen molar-refractivity contribution in [3.63, 3.8) is 0 Å². The van der Waals surface area contributed by atoms with E-state index < -0.39 is 10.0 Å². The second kappa shape index (κ2) is 7.68. The van der Waals surface area contributed by atoms with E-state index in [0.29, 0.717) is 13.1 Å². The summed E-state index contributed by atoms with van der Waals surface area (Å²) in [5.41, 5.74) is 6.51. The van der Waals surface area contributed by atoms with Crippen LogP contribution in [0.3, 0.4) is 0 Å². The second-order valence-corrected chi connectivity index (χ2v) is 9.12. The number of hydrogen-bond acceptors (Lipinski definition) is 7. The highest BCUT2D eigenvalue weighted by atomic mass is 32.2. The Morgan fingerprint density at radius 2 is 2.11 bits per heavy atom. The van der Waals surface area contributed by atoms with Crippen LogP contribution >= 0.6 is 11.3 Å². The number of nitrogens with zero attached hydrogens (tertiary/aromatic N) is 4. The number of rotatable bonds is 4. The fourth-order valence-corrected chi connectivity index (χ4v) is 5.08. The molecule has 1 aliphatic heterocycles. The lowest BCUT2D eigenvalue weighted by molar-refractivity contribution is 0.360. The summed E-state index contributed by atoms with van der Waals surface area (Å²) in [6, 6.07) is 2.69. The van der Waals surface area contributed by atoms with E-state index in [1.54, 1.807) is 13.1 Å². The lowest BCUT2D eigenvalue weighted by atomic mass is 10.2. The normalized spacial score (nSPS) is 18.0. The average Bonchev–Trinajstić information content (AvgIpc) is 3.12. The molecule has 27 heavy (non-hydrogen) atoms. The molecule has 0 aliphatic carbocycles. The lowest BCUT2D eigenvalue weighted by Crippen LogP contribution is -2.54. The molecule has 7 nitrogen and oxygen atoms in total. The van der Waals surface area contributed by atoms with Gasteiger partial charge in [0.2, 0.25) is 10.0 Å². The smallest absolute Gasteiger partial charge is 0.244 e. The first-order chi connectivity index (χ1) is 12.8. The SMILES string of the molecule is C=C(C)c1cnc(N2CCN(S(=O)(=O)c3ccc(N)nc3)CC2C#CC)s1. The third-order valence-corrected chi connectivity index (χ3v) is 7.26. The van der Waals surface area contributed by atoms with Crippen molar-refractivity contribution in [1.29, 1.82) is 0 Å². The summed E-state index contributed by atoms with van der Waals surface area (Å²) in [6.45, 7) is 8.74. The summed E-state index contributed by atoms with van der Waals surface area (Å²) in [4.78, 5) is 11.6. The minimum absolute atomic E-state index is 0.132. The molecule has 2 aromatic rings. The molecule has 1 atom stereocenters. The maximum atomic E-state index is 12.9. The summed E-state index contributed by atoms with van der Waals surface area (Å²) in [5, 5.41) is 0.826. The maximum absolute atomic E-state index is 12.9. The summed E-state index contributed by atoms with van der Waals surface area (Å²) >= 11 is 1.54. The van der Waals surface area contributed by atoms with Gasteiger partial charge in [0, 0.05) is 32.0 Å². The zero-order chi connectivity index (χ0) is 19.6. The van der Waals surface area contributed by atoms with Crippen molar-refractivity contribution in [2.24, 2.45) is 0 Å². The third kappa shape index (κ3) is 3.98. The van der Waals surface area contributed by atoms with Gasteiger partial charge in [-0.25, -0.2) is 18.4 Å². The van der Waals surface area contributed by atoms with Gasteiger partial charge in [-0.2, -0.15) is 4.31 Å². The van der Waals surface area contributed by atoms with E-state index in [4.69, 9.17) is 5.73 Å². The number of thiazole rings is 1. The van der Waals surface area contributed by atoms with E-state index in [9.17, 15) is 8.42 Å². The van der Waals surface area contributed by atoms with Crippen LogP contribution in [-0.4, -0.2) is 48.4 Å². The van der Waals surface area contributed by atoms with Gasteiger partial charge in [-0.1, -0.05) is 23.8 Å². The first kappa shape index (κ1) is 19.4. The van der Waals surface area contributed by atoms with Crippen molar-refractivity contribution in [3.8, 4) is 11.8 Å². The second-order valence-electron chi connectivity index (χ2n) is 6.17. The molecule has 3 rings (SSSR count). The molecule has 2 N–H and O–H groups in total.